The van der Waals surface area contributed by atoms with Gasteiger partial charge >= 0.3 is 6.36 Å². The standard InChI is InChI=1S/C14H16F3N5OS.HI/c1-22(2)13-21-10(8-24-13)7-19-12(18)20-9-3-5-11(6-4-9)23-14(15,16)17;/h3-6,8H,7H2,1-2H3,(H3,18,19,20);1H. The average molecular weight is 487 g/mol. The zero-order chi connectivity index (χ0) is 17.7. The minimum atomic E-state index is -4.71. The number of halogens is 4. The lowest BCUT2D eigenvalue weighted by atomic mass is 10.3. The number of aliphatic imine (C=N–C) groups is 1. The summed E-state index contributed by atoms with van der Waals surface area (Å²) in [6, 6.07) is 5.20. The molecule has 2 rings (SSSR count). The Hall–Kier alpha value is -1.76. The van der Waals surface area contributed by atoms with Crippen molar-refractivity contribution >= 4 is 52.1 Å². The monoisotopic (exact) mass is 487 g/mol. The molecule has 0 saturated heterocycles. The number of nitrogens with one attached hydrogen (secondary N) is 1. The lowest BCUT2D eigenvalue weighted by Crippen LogP contribution is -2.22. The number of ether oxygens (including phenoxy) is 1. The lowest BCUT2D eigenvalue weighted by molar-refractivity contribution is -0.274. The van der Waals surface area contributed by atoms with Crippen LogP contribution >= 0.6 is 35.3 Å². The smallest absolute Gasteiger partial charge is 0.406 e. The molecule has 0 unspecified atom stereocenters. The summed E-state index contributed by atoms with van der Waals surface area (Å²) < 4.78 is 40.0. The molecule has 0 spiro atoms. The predicted molar refractivity (Wildman–Crippen MR) is 104 cm³/mol. The number of aromatic nitrogens is 1. The Kier molecular flexibility index (Phi) is 7.73. The number of hydrogen-bond donors (Lipinski definition) is 2. The SMILES string of the molecule is CN(C)c1nc(CN=C(N)Nc2ccc(OC(F)(F)F)cc2)cs1.I. The molecule has 2 aromatic rings. The van der Waals surface area contributed by atoms with Gasteiger partial charge in [0, 0.05) is 25.2 Å². The van der Waals surface area contributed by atoms with Gasteiger partial charge in [-0.05, 0) is 24.3 Å². The van der Waals surface area contributed by atoms with Crippen LogP contribution in [0, 0.1) is 0 Å². The number of rotatable bonds is 5. The minimum Gasteiger partial charge on any atom is -0.406 e. The predicted octanol–water partition coefficient (Wildman–Crippen LogP) is 3.65. The highest BCUT2D eigenvalue weighted by Gasteiger charge is 2.30. The lowest BCUT2D eigenvalue weighted by Gasteiger charge is -2.10. The first-order chi connectivity index (χ1) is 11.2. The van der Waals surface area contributed by atoms with E-state index in [1.54, 1.807) is 0 Å². The Labute approximate surface area is 163 Å². The number of nitrogens with two attached hydrogens (primary N) is 1. The van der Waals surface area contributed by atoms with E-state index in [-0.39, 0.29) is 35.7 Å². The van der Waals surface area contributed by atoms with Crippen molar-refractivity contribution < 1.29 is 17.9 Å². The average Bonchev–Trinajstić information content (AvgIpc) is 2.95. The summed E-state index contributed by atoms with van der Waals surface area (Å²) in [5, 5.41) is 5.54. The molecule has 0 amide bonds. The molecule has 0 atom stereocenters. The van der Waals surface area contributed by atoms with Crippen molar-refractivity contribution in [3.8, 4) is 5.75 Å². The normalized spacial score (nSPS) is 11.6. The van der Waals surface area contributed by atoms with Crippen molar-refractivity contribution in [3.63, 3.8) is 0 Å². The van der Waals surface area contributed by atoms with Crippen LogP contribution in [0.1, 0.15) is 5.69 Å². The maximum Gasteiger partial charge on any atom is 0.573 e. The number of alkyl halides is 3. The highest BCUT2D eigenvalue weighted by atomic mass is 127. The van der Waals surface area contributed by atoms with Gasteiger partial charge in [0.1, 0.15) is 5.75 Å². The summed E-state index contributed by atoms with van der Waals surface area (Å²) >= 11 is 1.50. The molecule has 11 heteroatoms. The maximum atomic E-state index is 12.1. The molecule has 0 saturated carbocycles. The van der Waals surface area contributed by atoms with Crippen LogP contribution in [0.3, 0.4) is 0 Å². The summed E-state index contributed by atoms with van der Waals surface area (Å²) in [7, 11) is 3.79. The van der Waals surface area contributed by atoms with Gasteiger partial charge in [0.15, 0.2) is 11.1 Å². The second-order valence-electron chi connectivity index (χ2n) is 4.91. The van der Waals surface area contributed by atoms with E-state index in [9.17, 15) is 13.2 Å². The van der Waals surface area contributed by atoms with E-state index >= 15 is 0 Å². The summed E-state index contributed by atoms with van der Waals surface area (Å²) in [6.07, 6.45) is -4.71. The van der Waals surface area contributed by atoms with E-state index in [0.29, 0.717) is 12.2 Å². The number of thiazole rings is 1. The van der Waals surface area contributed by atoms with Gasteiger partial charge in [-0.25, -0.2) is 9.98 Å². The molecule has 1 aromatic carbocycles. The molecule has 3 N–H and O–H groups in total. The molecule has 0 aliphatic heterocycles. The Morgan fingerprint density at radius 1 is 1.32 bits per heavy atom. The molecule has 0 bridgehead atoms. The zero-order valence-electron chi connectivity index (χ0n) is 13.4. The molecule has 0 radical (unpaired) electrons. The van der Waals surface area contributed by atoms with Crippen LogP contribution in [0.4, 0.5) is 24.0 Å². The summed E-state index contributed by atoms with van der Waals surface area (Å²) in [5.74, 6) is -0.166. The molecule has 0 aliphatic rings. The molecule has 138 valence electrons. The fraction of sp³-hybridized carbons (Fsp3) is 0.286. The topological polar surface area (TPSA) is 75.8 Å². The Morgan fingerprint density at radius 3 is 2.48 bits per heavy atom. The van der Waals surface area contributed by atoms with Crippen LogP contribution < -0.4 is 20.7 Å². The highest BCUT2D eigenvalue weighted by Crippen LogP contribution is 2.24. The first-order valence-corrected chi connectivity index (χ1v) is 7.65. The van der Waals surface area contributed by atoms with Gasteiger partial charge in [0.05, 0.1) is 12.2 Å². The maximum absolute atomic E-state index is 12.1. The third-order valence-corrected chi connectivity index (χ3v) is 3.75. The van der Waals surface area contributed by atoms with E-state index in [2.05, 4.69) is 20.0 Å². The second kappa shape index (κ2) is 9.08. The number of benzene rings is 1. The summed E-state index contributed by atoms with van der Waals surface area (Å²) in [6.45, 7) is 0.304. The first-order valence-electron chi connectivity index (χ1n) is 6.77. The van der Waals surface area contributed by atoms with Crippen molar-refractivity contribution in [2.75, 3.05) is 24.3 Å². The number of nitrogens with zero attached hydrogens (tertiary/aromatic N) is 3. The van der Waals surface area contributed by atoms with Crippen LogP contribution in [0.2, 0.25) is 0 Å². The second-order valence-corrected chi connectivity index (χ2v) is 5.75. The van der Waals surface area contributed by atoms with Gasteiger partial charge in [-0.3, -0.25) is 0 Å². The fourth-order valence-electron chi connectivity index (χ4n) is 1.67. The van der Waals surface area contributed by atoms with E-state index in [4.69, 9.17) is 5.73 Å². The van der Waals surface area contributed by atoms with E-state index in [1.807, 2.05) is 24.4 Å². The first kappa shape index (κ1) is 21.3. The minimum absolute atomic E-state index is 0. The van der Waals surface area contributed by atoms with Gasteiger partial charge in [-0.15, -0.1) is 48.5 Å². The molecular formula is C14H17F3IN5OS. The molecule has 1 heterocycles. The van der Waals surface area contributed by atoms with Crippen LogP contribution in [0.5, 0.6) is 5.75 Å². The van der Waals surface area contributed by atoms with Crippen LogP contribution in [-0.2, 0) is 6.54 Å². The molecule has 1 aromatic heterocycles. The fourth-order valence-corrected chi connectivity index (χ4v) is 2.42. The van der Waals surface area contributed by atoms with Gasteiger partial charge in [-0.1, -0.05) is 0 Å². The van der Waals surface area contributed by atoms with Crippen molar-refractivity contribution in [2.45, 2.75) is 12.9 Å². The molecular weight excluding hydrogens is 470 g/mol. The summed E-state index contributed by atoms with van der Waals surface area (Å²) in [5.41, 5.74) is 7.03. The van der Waals surface area contributed by atoms with Crippen molar-refractivity contribution in [3.05, 3.63) is 35.3 Å². The van der Waals surface area contributed by atoms with Crippen LogP contribution in [0.15, 0.2) is 34.6 Å². The summed E-state index contributed by atoms with van der Waals surface area (Å²) in [4.78, 5) is 10.4. The number of hydrogen-bond acceptors (Lipinski definition) is 5. The Bertz CT molecular complexity index is 703. The van der Waals surface area contributed by atoms with Gasteiger partial charge in [0.25, 0.3) is 0 Å². The van der Waals surface area contributed by atoms with E-state index in [0.717, 1.165) is 10.8 Å². The Balaban J connectivity index is 0.00000312. The van der Waals surface area contributed by atoms with Gasteiger partial charge < -0.3 is 20.7 Å². The molecule has 0 aliphatic carbocycles. The third kappa shape index (κ3) is 7.34. The van der Waals surface area contributed by atoms with Crippen LogP contribution in [0.25, 0.3) is 0 Å². The molecule has 6 nitrogen and oxygen atoms in total. The molecule has 25 heavy (non-hydrogen) atoms. The third-order valence-electron chi connectivity index (χ3n) is 2.69. The van der Waals surface area contributed by atoms with Crippen molar-refractivity contribution in [2.24, 2.45) is 10.7 Å². The van der Waals surface area contributed by atoms with Crippen LogP contribution in [-0.4, -0.2) is 31.4 Å². The van der Waals surface area contributed by atoms with Crippen molar-refractivity contribution in [1.82, 2.24) is 4.98 Å². The van der Waals surface area contributed by atoms with E-state index in [1.165, 1.54) is 35.6 Å². The molecule has 0 fully saturated rings. The highest BCUT2D eigenvalue weighted by molar-refractivity contribution is 14.0. The van der Waals surface area contributed by atoms with Gasteiger partial charge in [-0.2, -0.15) is 0 Å². The quantitative estimate of drug-likeness (QED) is 0.383. The zero-order valence-corrected chi connectivity index (χ0v) is 16.5. The Morgan fingerprint density at radius 2 is 1.96 bits per heavy atom. The van der Waals surface area contributed by atoms with E-state index < -0.39 is 6.36 Å². The number of guanidine groups is 1. The van der Waals surface area contributed by atoms with Gasteiger partial charge in [0.2, 0.25) is 0 Å². The van der Waals surface area contributed by atoms with Crippen molar-refractivity contribution in [1.29, 1.82) is 0 Å². The number of anilines is 2. The largest absolute Gasteiger partial charge is 0.573 e.